The largest absolute Gasteiger partial charge is 0.361 e. The fourth-order valence-corrected chi connectivity index (χ4v) is 3.65. The summed E-state index contributed by atoms with van der Waals surface area (Å²) in [7, 11) is 0. The quantitative estimate of drug-likeness (QED) is 0.806. The number of hydrogen-bond donors (Lipinski definition) is 0. The van der Waals surface area contributed by atoms with Gasteiger partial charge in [-0.3, -0.25) is 4.90 Å². The summed E-state index contributed by atoms with van der Waals surface area (Å²) in [6, 6.07) is 12.1. The molecule has 0 radical (unpaired) electrons. The molecule has 1 aromatic carbocycles. The van der Waals surface area contributed by atoms with Crippen LogP contribution in [0.3, 0.4) is 0 Å². The first-order valence-electron chi connectivity index (χ1n) is 7.84. The molecule has 2 saturated heterocycles. The van der Waals surface area contributed by atoms with E-state index in [2.05, 4.69) is 42.2 Å². The second-order valence-corrected chi connectivity index (χ2v) is 5.89. The van der Waals surface area contributed by atoms with Gasteiger partial charge in [-0.15, -0.1) is 0 Å². The van der Waals surface area contributed by atoms with Crippen molar-refractivity contribution in [1.82, 2.24) is 4.90 Å². The van der Waals surface area contributed by atoms with Gasteiger partial charge in [-0.2, -0.15) is 0 Å². The standard InChI is InChI=1S/C17H25NO/c1-2-3-10-15-11-7-12-17-18(15)16(13-19-17)14-8-5-4-6-9-14/h4-6,8-9,15-17H,2-3,7,10-13H2,1H3/t15-,16-,17?/m1/s1. The number of benzene rings is 1. The molecule has 2 fully saturated rings. The van der Waals surface area contributed by atoms with Crippen LogP contribution in [0.1, 0.15) is 57.1 Å². The Labute approximate surface area is 116 Å². The van der Waals surface area contributed by atoms with Gasteiger partial charge in [0.1, 0.15) is 6.23 Å². The molecule has 0 amide bonds. The van der Waals surface area contributed by atoms with Gasteiger partial charge in [0.2, 0.25) is 0 Å². The van der Waals surface area contributed by atoms with Crippen LogP contribution in [0.5, 0.6) is 0 Å². The van der Waals surface area contributed by atoms with E-state index in [1.807, 2.05) is 0 Å². The van der Waals surface area contributed by atoms with Gasteiger partial charge in [-0.1, -0.05) is 50.1 Å². The van der Waals surface area contributed by atoms with Gasteiger partial charge < -0.3 is 4.74 Å². The van der Waals surface area contributed by atoms with Crippen molar-refractivity contribution in [2.24, 2.45) is 0 Å². The van der Waals surface area contributed by atoms with Crippen molar-refractivity contribution in [3.63, 3.8) is 0 Å². The Bertz CT molecular complexity index is 392. The highest BCUT2D eigenvalue weighted by molar-refractivity contribution is 5.20. The molecule has 0 saturated carbocycles. The Morgan fingerprint density at radius 1 is 1.21 bits per heavy atom. The highest BCUT2D eigenvalue weighted by Crippen LogP contribution is 2.39. The number of rotatable bonds is 4. The summed E-state index contributed by atoms with van der Waals surface area (Å²) in [5.74, 6) is 0. The van der Waals surface area contributed by atoms with Crippen LogP contribution < -0.4 is 0 Å². The molecule has 1 unspecified atom stereocenters. The zero-order valence-electron chi connectivity index (χ0n) is 11.9. The van der Waals surface area contributed by atoms with Gasteiger partial charge >= 0.3 is 0 Å². The van der Waals surface area contributed by atoms with Crippen LogP contribution in [0.15, 0.2) is 30.3 Å². The van der Waals surface area contributed by atoms with E-state index < -0.39 is 0 Å². The first-order chi connectivity index (χ1) is 9.40. The molecule has 0 spiro atoms. The van der Waals surface area contributed by atoms with E-state index in [4.69, 9.17) is 4.74 Å². The van der Waals surface area contributed by atoms with E-state index in [1.165, 1.54) is 44.1 Å². The van der Waals surface area contributed by atoms with Crippen LogP contribution in [0.2, 0.25) is 0 Å². The normalized spacial score (nSPS) is 31.3. The maximum absolute atomic E-state index is 6.06. The Morgan fingerprint density at radius 3 is 2.84 bits per heavy atom. The summed E-state index contributed by atoms with van der Waals surface area (Å²) in [6.45, 7) is 3.16. The lowest BCUT2D eigenvalue weighted by Crippen LogP contribution is -2.44. The molecule has 2 heteroatoms. The smallest absolute Gasteiger partial charge is 0.111 e. The van der Waals surface area contributed by atoms with Crippen molar-refractivity contribution < 1.29 is 4.74 Å². The van der Waals surface area contributed by atoms with Crippen molar-refractivity contribution in [3.05, 3.63) is 35.9 Å². The fourth-order valence-electron chi connectivity index (χ4n) is 3.65. The molecule has 2 aliphatic heterocycles. The number of hydrogen-bond acceptors (Lipinski definition) is 2. The van der Waals surface area contributed by atoms with Gasteiger partial charge in [0.25, 0.3) is 0 Å². The zero-order chi connectivity index (χ0) is 13.1. The molecule has 2 heterocycles. The molecule has 0 aliphatic carbocycles. The third-order valence-electron chi connectivity index (χ3n) is 4.62. The van der Waals surface area contributed by atoms with Crippen LogP contribution in [0, 0.1) is 0 Å². The summed E-state index contributed by atoms with van der Waals surface area (Å²) in [4.78, 5) is 2.68. The molecule has 104 valence electrons. The Kier molecular flexibility index (Phi) is 4.19. The molecule has 3 atom stereocenters. The minimum atomic E-state index is 0.376. The molecule has 0 N–H and O–H groups in total. The molecule has 2 nitrogen and oxygen atoms in total. The first-order valence-corrected chi connectivity index (χ1v) is 7.84. The van der Waals surface area contributed by atoms with Gasteiger partial charge in [0.05, 0.1) is 12.6 Å². The number of ether oxygens (including phenoxy) is 1. The van der Waals surface area contributed by atoms with E-state index in [-0.39, 0.29) is 0 Å². The van der Waals surface area contributed by atoms with Crippen LogP contribution in [-0.2, 0) is 4.74 Å². The van der Waals surface area contributed by atoms with Crippen molar-refractivity contribution in [2.75, 3.05) is 6.61 Å². The third-order valence-corrected chi connectivity index (χ3v) is 4.62. The maximum atomic E-state index is 6.06. The second-order valence-electron chi connectivity index (χ2n) is 5.89. The SMILES string of the molecule is CCCC[C@@H]1CCCC2OC[C@H](c3ccccc3)N21. The van der Waals surface area contributed by atoms with E-state index >= 15 is 0 Å². The number of nitrogens with zero attached hydrogens (tertiary/aromatic N) is 1. The van der Waals surface area contributed by atoms with Crippen molar-refractivity contribution in [2.45, 2.75) is 63.8 Å². The van der Waals surface area contributed by atoms with E-state index in [0.717, 1.165) is 12.6 Å². The average Bonchev–Trinajstić information content (AvgIpc) is 2.90. The molecular weight excluding hydrogens is 234 g/mol. The lowest BCUT2D eigenvalue weighted by molar-refractivity contribution is -0.0286. The van der Waals surface area contributed by atoms with Crippen LogP contribution >= 0.6 is 0 Å². The Balaban J connectivity index is 1.78. The summed E-state index contributed by atoms with van der Waals surface area (Å²) in [5, 5.41) is 0. The predicted molar refractivity (Wildman–Crippen MR) is 77.9 cm³/mol. The molecule has 1 aromatic rings. The monoisotopic (exact) mass is 259 g/mol. The lowest BCUT2D eigenvalue weighted by Gasteiger charge is -2.39. The van der Waals surface area contributed by atoms with Crippen LogP contribution in [0.25, 0.3) is 0 Å². The molecule has 0 aromatic heterocycles. The van der Waals surface area contributed by atoms with E-state index in [0.29, 0.717) is 12.3 Å². The molecule has 0 bridgehead atoms. The molecule has 2 aliphatic rings. The fraction of sp³-hybridized carbons (Fsp3) is 0.647. The Hall–Kier alpha value is -0.860. The molecule has 19 heavy (non-hydrogen) atoms. The summed E-state index contributed by atoms with van der Waals surface area (Å²) in [6.07, 6.45) is 8.24. The molecular formula is C17H25NO. The zero-order valence-corrected chi connectivity index (χ0v) is 11.9. The van der Waals surface area contributed by atoms with E-state index in [1.54, 1.807) is 0 Å². The van der Waals surface area contributed by atoms with Gasteiger partial charge in [-0.05, 0) is 31.2 Å². The maximum Gasteiger partial charge on any atom is 0.111 e. The number of fused-ring (bicyclic) bond motifs is 1. The summed E-state index contributed by atoms with van der Waals surface area (Å²) >= 11 is 0. The minimum Gasteiger partial charge on any atom is -0.361 e. The first kappa shape index (κ1) is 13.1. The van der Waals surface area contributed by atoms with Crippen LogP contribution in [-0.4, -0.2) is 23.8 Å². The van der Waals surface area contributed by atoms with Gasteiger partial charge in [0, 0.05) is 6.04 Å². The Morgan fingerprint density at radius 2 is 2.05 bits per heavy atom. The predicted octanol–water partition coefficient (Wildman–Crippen LogP) is 4.13. The number of unbranched alkanes of at least 4 members (excludes halogenated alkanes) is 1. The third kappa shape index (κ3) is 2.70. The average molecular weight is 259 g/mol. The second kappa shape index (κ2) is 6.06. The highest BCUT2D eigenvalue weighted by Gasteiger charge is 2.41. The van der Waals surface area contributed by atoms with Crippen molar-refractivity contribution in [1.29, 1.82) is 0 Å². The van der Waals surface area contributed by atoms with Crippen LogP contribution in [0.4, 0.5) is 0 Å². The highest BCUT2D eigenvalue weighted by atomic mass is 16.5. The summed E-state index contributed by atoms with van der Waals surface area (Å²) in [5.41, 5.74) is 1.42. The van der Waals surface area contributed by atoms with Crippen molar-refractivity contribution >= 4 is 0 Å². The van der Waals surface area contributed by atoms with E-state index in [9.17, 15) is 0 Å². The lowest BCUT2D eigenvalue weighted by atomic mass is 9.93. The number of piperidine rings is 1. The molecule has 3 rings (SSSR count). The van der Waals surface area contributed by atoms with Crippen molar-refractivity contribution in [3.8, 4) is 0 Å². The van der Waals surface area contributed by atoms with Gasteiger partial charge in [-0.25, -0.2) is 0 Å². The topological polar surface area (TPSA) is 12.5 Å². The van der Waals surface area contributed by atoms with Gasteiger partial charge in [0.15, 0.2) is 0 Å². The summed E-state index contributed by atoms with van der Waals surface area (Å²) < 4.78 is 6.06. The minimum absolute atomic E-state index is 0.376.